The second-order valence-corrected chi connectivity index (χ2v) is 7.82. The van der Waals surface area contributed by atoms with E-state index < -0.39 is 0 Å². The molecule has 1 amide bonds. The normalized spacial score (nSPS) is 22.8. The Morgan fingerprint density at radius 1 is 1.19 bits per heavy atom. The lowest BCUT2D eigenvalue weighted by Crippen LogP contribution is -2.43. The molecule has 0 saturated carbocycles. The molecule has 2 aliphatic heterocycles. The second kappa shape index (κ2) is 8.76. The number of nitrogens with zero attached hydrogens (tertiary/aromatic N) is 1. The fourth-order valence-corrected chi connectivity index (χ4v) is 4.25. The summed E-state index contributed by atoms with van der Waals surface area (Å²) in [6, 6.07) is 5.72. The van der Waals surface area contributed by atoms with E-state index in [1.165, 1.54) is 24.3 Å². The highest BCUT2D eigenvalue weighted by molar-refractivity contribution is 5.98. The molecule has 2 heterocycles. The van der Waals surface area contributed by atoms with Gasteiger partial charge in [0.15, 0.2) is 5.78 Å². The number of carbonyl (C=O) groups excluding carboxylic acids is 2. The molecule has 2 unspecified atom stereocenters. The van der Waals surface area contributed by atoms with Crippen molar-refractivity contribution in [1.82, 2.24) is 10.2 Å². The summed E-state index contributed by atoms with van der Waals surface area (Å²) in [4.78, 5) is 27.3. The minimum Gasteiger partial charge on any atom is -0.342 e. The predicted molar refractivity (Wildman–Crippen MR) is 99.4 cm³/mol. The molecule has 0 aliphatic carbocycles. The van der Waals surface area contributed by atoms with Crippen molar-refractivity contribution in [2.45, 2.75) is 39.0 Å². The number of Topliss-reactive ketones (excluding diaryl/α,β-unsaturated/α-hetero) is 1. The maximum atomic E-state index is 13.1. The Bertz CT molecular complexity index is 625. The van der Waals surface area contributed by atoms with Gasteiger partial charge in [0, 0.05) is 31.0 Å². The van der Waals surface area contributed by atoms with Crippen LogP contribution >= 0.6 is 0 Å². The summed E-state index contributed by atoms with van der Waals surface area (Å²) in [5, 5.41) is 3.37. The fourth-order valence-electron chi connectivity index (χ4n) is 4.25. The van der Waals surface area contributed by atoms with Gasteiger partial charge in [-0.25, -0.2) is 4.39 Å². The van der Waals surface area contributed by atoms with Gasteiger partial charge in [0.1, 0.15) is 5.82 Å². The van der Waals surface area contributed by atoms with Crippen LogP contribution in [-0.2, 0) is 4.79 Å². The summed E-state index contributed by atoms with van der Waals surface area (Å²) in [7, 11) is 0. The van der Waals surface area contributed by atoms with Gasteiger partial charge in [0.2, 0.25) is 5.91 Å². The summed E-state index contributed by atoms with van der Waals surface area (Å²) < 4.78 is 13.1. The van der Waals surface area contributed by atoms with E-state index in [1.807, 2.05) is 4.90 Å². The molecular formula is C21H29FN2O2. The van der Waals surface area contributed by atoms with Gasteiger partial charge in [-0.15, -0.1) is 0 Å². The van der Waals surface area contributed by atoms with E-state index in [1.54, 1.807) is 0 Å². The van der Waals surface area contributed by atoms with Crippen LogP contribution in [0.1, 0.15) is 49.4 Å². The zero-order valence-electron chi connectivity index (χ0n) is 15.5. The van der Waals surface area contributed by atoms with Crippen LogP contribution in [0.2, 0.25) is 0 Å². The van der Waals surface area contributed by atoms with Gasteiger partial charge in [-0.1, -0.05) is 6.92 Å². The molecule has 0 radical (unpaired) electrons. The number of benzene rings is 1. The van der Waals surface area contributed by atoms with Gasteiger partial charge in [-0.3, -0.25) is 9.59 Å². The molecule has 0 spiro atoms. The molecule has 3 rings (SSSR count). The highest BCUT2D eigenvalue weighted by Crippen LogP contribution is 2.27. The average molecular weight is 360 g/mol. The molecular weight excluding hydrogens is 331 g/mol. The predicted octanol–water partition coefficient (Wildman–Crippen LogP) is 3.27. The maximum Gasteiger partial charge on any atom is 0.222 e. The van der Waals surface area contributed by atoms with Crippen molar-refractivity contribution in [3.8, 4) is 0 Å². The molecule has 2 aliphatic rings. The van der Waals surface area contributed by atoms with Crippen molar-refractivity contribution in [2.24, 2.45) is 17.8 Å². The molecule has 0 bridgehead atoms. The van der Waals surface area contributed by atoms with E-state index in [0.717, 1.165) is 45.3 Å². The van der Waals surface area contributed by atoms with Gasteiger partial charge in [-0.2, -0.15) is 0 Å². The number of piperidine rings is 2. The average Bonchev–Trinajstić information content (AvgIpc) is 2.68. The van der Waals surface area contributed by atoms with E-state index in [2.05, 4.69) is 12.2 Å². The Balaban J connectivity index is 1.56. The number of carbonyl (C=O) groups is 2. The molecule has 0 aromatic heterocycles. The SMILES string of the molecule is CC(CC(=O)N1CCCC(C(=O)c2ccc(F)cc2)C1)C1CCNCC1. The van der Waals surface area contributed by atoms with Crippen LogP contribution in [0.15, 0.2) is 24.3 Å². The molecule has 2 saturated heterocycles. The molecule has 1 N–H and O–H groups in total. The summed E-state index contributed by atoms with van der Waals surface area (Å²) in [6.07, 6.45) is 4.50. The highest BCUT2D eigenvalue weighted by atomic mass is 19.1. The number of nitrogens with one attached hydrogen (secondary N) is 1. The standard InChI is InChI=1S/C21H29FN2O2/c1-15(16-8-10-23-11-9-16)13-20(25)24-12-2-3-18(14-24)21(26)17-4-6-19(22)7-5-17/h4-7,15-16,18,23H,2-3,8-14H2,1H3. The molecule has 1 aromatic carbocycles. The zero-order chi connectivity index (χ0) is 18.5. The van der Waals surface area contributed by atoms with Crippen molar-refractivity contribution in [2.75, 3.05) is 26.2 Å². The molecule has 2 fully saturated rings. The lowest BCUT2D eigenvalue weighted by Gasteiger charge is -2.34. The lowest BCUT2D eigenvalue weighted by molar-refractivity contribution is -0.134. The van der Waals surface area contributed by atoms with E-state index >= 15 is 0 Å². The molecule has 2 atom stereocenters. The molecule has 5 heteroatoms. The number of hydrogen-bond donors (Lipinski definition) is 1. The van der Waals surface area contributed by atoms with Crippen LogP contribution in [0.4, 0.5) is 4.39 Å². The molecule has 142 valence electrons. The van der Waals surface area contributed by atoms with Gasteiger partial charge in [-0.05, 0) is 74.9 Å². The number of hydrogen-bond acceptors (Lipinski definition) is 3. The third-order valence-electron chi connectivity index (χ3n) is 5.96. The number of halogens is 1. The smallest absolute Gasteiger partial charge is 0.222 e. The van der Waals surface area contributed by atoms with E-state index in [-0.39, 0.29) is 23.4 Å². The van der Waals surface area contributed by atoms with E-state index in [4.69, 9.17) is 0 Å². The van der Waals surface area contributed by atoms with E-state index in [9.17, 15) is 14.0 Å². The van der Waals surface area contributed by atoms with Crippen LogP contribution in [0.3, 0.4) is 0 Å². The topological polar surface area (TPSA) is 49.4 Å². The third kappa shape index (κ3) is 4.70. The van der Waals surface area contributed by atoms with Crippen molar-refractivity contribution >= 4 is 11.7 Å². The van der Waals surface area contributed by atoms with Crippen LogP contribution < -0.4 is 5.32 Å². The first-order chi connectivity index (χ1) is 12.5. The Labute approximate surface area is 155 Å². The van der Waals surface area contributed by atoms with Crippen molar-refractivity contribution in [3.05, 3.63) is 35.6 Å². The number of amides is 1. The molecule has 4 nitrogen and oxygen atoms in total. The number of likely N-dealkylation sites (tertiary alicyclic amines) is 1. The van der Waals surface area contributed by atoms with Crippen LogP contribution in [0.25, 0.3) is 0 Å². The summed E-state index contributed by atoms with van der Waals surface area (Å²) in [5.74, 6) is 0.683. The number of ketones is 1. The largest absolute Gasteiger partial charge is 0.342 e. The monoisotopic (exact) mass is 360 g/mol. The van der Waals surface area contributed by atoms with Crippen molar-refractivity contribution in [1.29, 1.82) is 0 Å². The lowest BCUT2D eigenvalue weighted by atomic mass is 9.83. The quantitative estimate of drug-likeness (QED) is 0.820. The summed E-state index contributed by atoms with van der Waals surface area (Å²) in [6.45, 7) is 5.50. The Hall–Kier alpha value is -1.75. The van der Waals surface area contributed by atoms with Gasteiger partial charge in [0.25, 0.3) is 0 Å². The fraction of sp³-hybridized carbons (Fsp3) is 0.619. The third-order valence-corrected chi connectivity index (χ3v) is 5.96. The Morgan fingerprint density at radius 2 is 1.88 bits per heavy atom. The molecule has 26 heavy (non-hydrogen) atoms. The Morgan fingerprint density at radius 3 is 2.58 bits per heavy atom. The zero-order valence-corrected chi connectivity index (χ0v) is 15.5. The summed E-state index contributed by atoms with van der Waals surface area (Å²) in [5.41, 5.74) is 0.536. The first-order valence-corrected chi connectivity index (χ1v) is 9.83. The van der Waals surface area contributed by atoms with Gasteiger partial charge < -0.3 is 10.2 Å². The first-order valence-electron chi connectivity index (χ1n) is 9.83. The molecule has 1 aromatic rings. The second-order valence-electron chi connectivity index (χ2n) is 7.82. The van der Waals surface area contributed by atoms with Crippen LogP contribution in [-0.4, -0.2) is 42.8 Å². The maximum absolute atomic E-state index is 13.1. The number of rotatable bonds is 5. The summed E-state index contributed by atoms with van der Waals surface area (Å²) >= 11 is 0. The van der Waals surface area contributed by atoms with Crippen LogP contribution in [0, 0.1) is 23.6 Å². The van der Waals surface area contributed by atoms with Crippen LogP contribution in [0.5, 0.6) is 0 Å². The highest BCUT2D eigenvalue weighted by Gasteiger charge is 2.30. The van der Waals surface area contributed by atoms with E-state index in [0.29, 0.717) is 30.4 Å². The minimum absolute atomic E-state index is 0.0221. The Kier molecular flexibility index (Phi) is 6.41. The van der Waals surface area contributed by atoms with Crippen molar-refractivity contribution in [3.63, 3.8) is 0 Å². The van der Waals surface area contributed by atoms with Gasteiger partial charge in [0.05, 0.1) is 0 Å². The van der Waals surface area contributed by atoms with Gasteiger partial charge >= 0.3 is 0 Å². The first kappa shape index (κ1) is 19.0. The van der Waals surface area contributed by atoms with Crippen molar-refractivity contribution < 1.29 is 14.0 Å². The minimum atomic E-state index is -0.339.